The topological polar surface area (TPSA) is 125 Å². The first-order chi connectivity index (χ1) is 17.2. The number of carbonyl (C=O) groups is 3. The molecule has 0 aliphatic carbocycles. The Balaban J connectivity index is 1.39. The van der Waals surface area contributed by atoms with Gasteiger partial charge < -0.3 is 20.9 Å². The number of nitrogens with zero attached hydrogens (tertiary/aromatic N) is 5. The molecule has 3 heterocycles. The smallest absolute Gasteiger partial charge is 0.240 e. The maximum Gasteiger partial charge on any atom is 0.240 e. The van der Waals surface area contributed by atoms with E-state index in [9.17, 15) is 14.4 Å². The van der Waals surface area contributed by atoms with E-state index in [1.54, 1.807) is 6.92 Å². The molecule has 3 N–H and O–H groups in total. The van der Waals surface area contributed by atoms with Gasteiger partial charge in [0.15, 0.2) is 0 Å². The van der Waals surface area contributed by atoms with E-state index >= 15 is 0 Å². The first-order valence-electron chi connectivity index (χ1n) is 12.8. The molecule has 194 valence electrons. The largest absolute Gasteiger partial charge is 0.368 e. The molecule has 0 unspecified atom stereocenters. The number of hydrogen-bond acceptors (Lipinski definition) is 7. The van der Waals surface area contributed by atoms with Gasteiger partial charge in [0.25, 0.3) is 0 Å². The number of carbonyl (C=O) groups excluding carboxylic acids is 3. The van der Waals surface area contributed by atoms with Crippen LogP contribution in [0.5, 0.6) is 0 Å². The fourth-order valence-corrected chi connectivity index (χ4v) is 5.04. The lowest BCUT2D eigenvalue weighted by atomic mass is 9.95. The summed E-state index contributed by atoms with van der Waals surface area (Å²) in [4.78, 5) is 52.1. The number of nitrogens with one attached hydrogen (secondary N) is 1. The molecule has 0 saturated carbocycles. The number of benzene rings is 1. The SMILES string of the molecule is CC(=O)N1CCC(C(=O)N2CCN(Cc3nc(N[C@H](C(N)=O)C(C)C)c4ccccc4n3)CC2)CC1. The van der Waals surface area contributed by atoms with E-state index in [0.717, 1.165) is 36.8 Å². The van der Waals surface area contributed by atoms with Crippen molar-refractivity contribution in [3.8, 4) is 0 Å². The van der Waals surface area contributed by atoms with Crippen molar-refractivity contribution in [1.29, 1.82) is 0 Å². The molecule has 2 aliphatic heterocycles. The second-order valence-electron chi connectivity index (χ2n) is 10.2. The first kappa shape index (κ1) is 25.8. The zero-order chi connectivity index (χ0) is 25.8. The lowest BCUT2D eigenvalue weighted by molar-refractivity contribution is -0.141. The summed E-state index contributed by atoms with van der Waals surface area (Å²) in [5, 5.41) is 4.09. The van der Waals surface area contributed by atoms with E-state index in [-0.39, 0.29) is 23.7 Å². The number of likely N-dealkylation sites (tertiary alicyclic amines) is 1. The van der Waals surface area contributed by atoms with Crippen molar-refractivity contribution >= 4 is 34.4 Å². The number of piperidine rings is 1. The van der Waals surface area contributed by atoms with Gasteiger partial charge in [-0.1, -0.05) is 26.0 Å². The third-order valence-corrected chi connectivity index (χ3v) is 7.25. The van der Waals surface area contributed by atoms with Crippen LogP contribution in [0.15, 0.2) is 24.3 Å². The minimum absolute atomic E-state index is 0.00348. The quantitative estimate of drug-likeness (QED) is 0.596. The molecule has 0 radical (unpaired) electrons. The predicted octanol–water partition coefficient (Wildman–Crippen LogP) is 1.45. The van der Waals surface area contributed by atoms with Gasteiger partial charge >= 0.3 is 0 Å². The van der Waals surface area contributed by atoms with Crippen LogP contribution < -0.4 is 11.1 Å². The second kappa shape index (κ2) is 11.2. The average Bonchev–Trinajstić information content (AvgIpc) is 2.86. The lowest BCUT2D eigenvalue weighted by Gasteiger charge is -2.38. The normalized spacial score (nSPS) is 18.4. The molecule has 36 heavy (non-hydrogen) atoms. The van der Waals surface area contributed by atoms with Crippen molar-refractivity contribution in [2.45, 2.75) is 46.2 Å². The molecule has 2 aromatic rings. The number of primary amides is 1. The van der Waals surface area contributed by atoms with E-state index in [4.69, 9.17) is 15.7 Å². The van der Waals surface area contributed by atoms with Crippen LogP contribution in [0.1, 0.15) is 39.4 Å². The number of hydrogen-bond donors (Lipinski definition) is 2. The molecule has 2 saturated heterocycles. The first-order valence-corrected chi connectivity index (χ1v) is 12.8. The minimum atomic E-state index is -0.534. The Morgan fingerprint density at radius 3 is 2.28 bits per heavy atom. The molecule has 2 aliphatic rings. The minimum Gasteiger partial charge on any atom is -0.368 e. The highest BCUT2D eigenvalue weighted by molar-refractivity contribution is 5.92. The number of anilines is 1. The highest BCUT2D eigenvalue weighted by Crippen LogP contribution is 2.24. The van der Waals surface area contributed by atoms with Crippen LogP contribution in [0.3, 0.4) is 0 Å². The van der Waals surface area contributed by atoms with E-state index in [0.29, 0.717) is 44.4 Å². The third-order valence-electron chi connectivity index (χ3n) is 7.25. The van der Waals surface area contributed by atoms with Crippen molar-refractivity contribution in [2.24, 2.45) is 17.6 Å². The summed E-state index contributed by atoms with van der Waals surface area (Å²) in [6.07, 6.45) is 1.48. The van der Waals surface area contributed by atoms with Crippen LogP contribution in [-0.2, 0) is 20.9 Å². The number of aromatic nitrogens is 2. The monoisotopic (exact) mass is 495 g/mol. The molecule has 2 fully saturated rings. The summed E-state index contributed by atoms with van der Waals surface area (Å²) in [7, 11) is 0. The van der Waals surface area contributed by atoms with Gasteiger partial charge in [0, 0.05) is 57.5 Å². The molecule has 10 nitrogen and oxygen atoms in total. The molecule has 3 amide bonds. The van der Waals surface area contributed by atoms with Crippen LogP contribution in [0.4, 0.5) is 5.82 Å². The third kappa shape index (κ3) is 5.92. The standard InChI is InChI=1S/C26H37N7O3/c1-17(2)23(24(27)35)30-25-20-6-4-5-7-21(20)28-22(29-25)16-31-12-14-33(15-13-31)26(36)19-8-10-32(11-9-19)18(3)34/h4-7,17,19,23H,8-16H2,1-3H3,(H2,27,35)(H,28,29,30)/t23-/m0/s1. The van der Waals surface area contributed by atoms with Crippen LogP contribution in [0.2, 0.25) is 0 Å². The molecule has 0 bridgehead atoms. The lowest BCUT2D eigenvalue weighted by Crippen LogP contribution is -2.51. The Labute approximate surface area is 212 Å². The average molecular weight is 496 g/mol. The summed E-state index contributed by atoms with van der Waals surface area (Å²) in [6.45, 7) is 10.2. The van der Waals surface area contributed by atoms with E-state index in [1.807, 2.05) is 47.9 Å². The molecule has 10 heteroatoms. The summed E-state index contributed by atoms with van der Waals surface area (Å²) >= 11 is 0. The Kier molecular flexibility index (Phi) is 8.03. The fraction of sp³-hybridized carbons (Fsp3) is 0.577. The molecular weight excluding hydrogens is 458 g/mol. The maximum atomic E-state index is 13.0. The number of rotatable bonds is 7. The van der Waals surface area contributed by atoms with E-state index in [1.165, 1.54) is 0 Å². The number of nitrogens with two attached hydrogens (primary N) is 1. The van der Waals surface area contributed by atoms with Crippen molar-refractivity contribution in [1.82, 2.24) is 24.7 Å². The highest BCUT2D eigenvalue weighted by atomic mass is 16.2. The maximum absolute atomic E-state index is 13.0. The zero-order valence-corrected chi connectivity index (χ0v) is 21.4. The summed E-state index contributed by atoms with van der Waals surface area (Å²) < 4.78 is 0. The van der Waals surface area contributed by atoms with Crippen LogP contribution >= 0.6 is 0 Å². The fourth-order valence-electron chi connectivity index (χ4n) is 5.04. The molecule has 1 aromatic carbocycles. The zero-order valence-electron chi connectivity index (χ0n) is 21.4. The van der Waals surface area contributed by atoms with Crippen molar-refractivity contribution in [3.63, 3.8) is 0 Å². The number of amides is 3. The Hall–Kier alpha value is -3.27. The predicted molar refractivity (Wildman–Crippen MR) is 138 cm³/mol. The van der Waals surface area contributed by atoms with Crippen LogP contribution in [0.25, 0.3) is 10.9 Å². The Morgan fingerprint density at radius 2 is 1.67 bits per heavy atom. The van der Waals surface area contributed by atoms with E-state index < -0.39 is 11.9 Å². The Bertz CT molecular complexity index is 1110. The molecular formula is C26H37N7O3. The van der Waals surface area contributed by atoms with Gasteiger partial charge in [-0.05, 0) is 30.9 Å². The van der Waals surface area contributed by atoms with Gasteiger partial charge in [0.05, 0.1) is 12.1 Å². The summed E-state index contributed by atoms with van der Waals surface area (Å²) in [5.41, 5.74) is 6.43. The van der Waals surface area contributed by atoms with Gasteiger partial charge in [0.2, 0.25) is 17.7 Å². The van der Waals surface area contributed by atoms with Gasteiger partial charge in [-0.3, -0.25) is 19.3 Å². The summed E-state index contributed by atoms with van der Waals surface area (Å²) in [5.74, 6) is 1.17. The van der Waals surface area contributed by atoms with E-state index in [2.05, 4.69) is 10.2 Å². The molecule has 1 aromatic heterocycles. The Morgan fingerprint density at radius 1 is 1.00 bits per heavy atom. The second-order valence-corrected chi connectivity index (χ2v) is 10.2. The molecule has 4 rings (SSSR count). The van der Waals surface area contributed by atoms with Crippen LogP contribution in [0, 0.1) is 11.8 Å². The number of piperazine rings is 1. The molecule has 1 atom stereocenters. The van der Waals surface area contributed by atoms with Crippen molar-refractivity contribution < 1.29 is 14.4 Å². The highest BCUT2D eigenvalue weighted by Gasteiger charge is 2.31. The van der Waals surface area contributed by atoms with Crippen molar-refractivity contribution in [3.05, 3.63) is 30.1 Å². The van der Waals surface area contributed by atoms with Gasteiger partial charge in [0.1, 0.15) is 17.7 Å². The van der Waals surface area contributed by atoms with Gasteiger partial charge in [-0.15, -0.1) is 0 Å². The van der Waals surface area contributed by atoms with Gasteiger partial charge in [-0.2, -0.15) is 0 Å². The number of fused-ring (bicyclic) bond motifs is 1. The van der Waals surface area contributed by atoms with Gasteiger partial charge in [-0.25, -0.2) is 9.97 Å². The van der Waals surface area contributed by atoms with Crippen molar-refractivity contribution in [2.75, 3.05) is 44.6 Å². The molecule has 0 spiro atoms. The summed E-state index contributed by atoms with van der Waals surface area (Å²) in [6, 6.07) is 7.19. The number of para-hydroxylation sites is 1. The van der Waals surface area contributed by atoms with Crippen LogP contribution in [-0.4, -0.2) is 87.7 Å².